The summed E-state index contributed by atoms with van der Waals surface area (Å²) < 4.78 is 9.20. The van der Waals surface area contributed by atoms with Gasteiger partial charge in [0.05, 0.1) is 18.9 Å². The van der Waals surface area contributed by atoms with Crippen LogP contribution in [-0.2, 0) is 4.74 Å². The quantitative estimate of drug-likeness (QED) is 0.385. The number of hydrogen-bond donors (Lipinski definition) is 0. The number of carbonyl (C=O) groups is 1. The van der Waals surface area contributed by atoms with E-state index in [-0.39, 0.29) is 11.3 Å². The molecule has 0 radical (unpaired) electrons. The Labute approximate surface area is 229 Å². The van der Waals surface area contributed by atoms with Gasteiger partial charge in [0.1, 0.15) is 5.82 Å². The molecule has 4 aromatic rings. The summed E-state index contributed by atoms with van der Waals surface area (Å²) in [5.74, 6) is 2.17. The Balaban J connectivity index is 1.34. The molecule has 0 unspecified atom stereocenters. The van der Waals surface area contributed by atoms with Crippen molar-refractivity contribution in [2.75, 3.05) is 44.3 Å². The van der Waals surface area contributed by atoms with Crippen LogP contribution in [0.1, 0.15) is 49.7 Å². The maximum atomic E-state index is 13.5. The zero-order valence-corrected chi connectivity index (χ0v) is 23.3. The number of rotatable bonds is 4. The number of likely N-dealkylation sites (tertiary alicyclic amines) is 1. The van der Waals surface area contributed by atoms with Crippen molar-refractivity contribution in [1.29, 1.82) is 0 Å². The van der Waals surface area contributed by atoms with Crippen molar-refractivity contribution in [2.45, 2.75) is 40.5 Å². The van der Waals surface area contributed by atoms with Crippen molar-refractivity contribution in [3.05, 3.63) is 59.9 Å². The molecule has 1 aromatic carbocycles. The van der Waals surface area contributed by atoms with E-state index < -0.39 is 0 Å². The van der Waals surface area contributed by atoms with E-state index in [4.69, 9.17) is 19.9 Å². The molecule has 6 rings (SSSR count). The molecular formula is C30H37N7O2. The lowest BCUT2D eigenvalue weighted by atomic mass is 9.75. The summed E-state index contributed by atoms with van der Waals surface area (Å²) in [5, 5.41) is 9.61. The third-order valence-corrected chi connectivity index (χ3v) is 8.09. The Morgan fingerprint density at radius 3 is 2.46 bits per heavy atom. The lowest BCUT2D eigenvalue weighted by molar-refractivity contribution is 0.0603. The van der Waals surface area contributed by atoms with Crippen LogP contribution in [0.15, 0.2) is 48.7 Å². The number of hydrogen-bond acceptors (Lipinski definition) is 6. The zero-order chi connectivity index (χ0) is 27.1. The number of ether oxygens (including phenoxy) is 1. The van der Waals surface area contributed by atoms with E-state index in [0.717, 1.165) is 56.1 Å². The van der Waals surface area contributed by atoms with E-state index in [2.05, 4.69) is 50.8 Å². The molecule has 0 atom stereocenters. The molecule has 204 valence electrons. The van der Waals surface area contributed by atoms with Crippen molar-refractivity contribution in [3.63, 3.8) is 0 Å². The summed E-state index contributed by atoms with van der Waals surface area (Å²) in [6, 6.07) is 14.1. The molecule has 2 aliphatic heterocycles. The van der Waals surface area contributed by atoms with Crippen LogP contribution in [-0.4, -0.2) is 74.6 Å². The maximum Gasteiger partial charge on any atom is 0.274 e. The van der Waals surface area contributed by atoms with Gasteiger partial charge in [-0.05, 0) is 43.2 Å². The Morgan fingerprint density at radius 2 is 1.74 bits per heavy atom. The highest BCUT2D eigenvalue weighted by Gasteiger charge is 2.32. The van der Waals surface area contributed by atoms with Crippen molar-refractivity contribution in [1.82, 2.24) is 29.3 Å². The van der Waals surface area contributed by atoms with Gasteiger partial charge in [-0.2, -0.15) is 14.7 Å². The number of aryl methyl sites for hydroxylation is 1. The molecule has 0 saturated carbocycles. The molecule has 2 aliphatic rings. The minimum absolute atomic E-state index is 0.0249. The van der Waals surface area contributed by atoms with Crippen LogP contribution in [0.5, 0.6) is 0 Å². The first-order valence-corrected chi connectivity index (χ1v) is 13.9. The second-order valence-corrected chi connectivity index (χ2v) is 11.8. The lowest BCUT2D eigenvalue weighted by Crippen LogP contribution is -2.41. The van der Waals surface area contributed by atoms with Crippen LogP contribution in [0.25, 0.3) is 22.7 Å². The molecule has 3 aromatic heterocycles. The summed E-state index contributed by atoms with van der Waals surface area (Å²) >= 11 is 0. The largest absolute Gasteiger partial charge is 0.378 e. The molecule has 9 heteroatoms. The molecule has 2 saturated heterocycles. The Kier molecular flexibility index (Phi) is 6.62. The van der Waals surface area contributed by atoms with Gasteiger partial charge in [-0.15, -0.1) is 0 Å². The van der Waals surface area contributed by atoms with Crippen molar-refractivity contribution >= 4 is 17.4 Å². The standard InChI is InChI=1S/C30H37N7O2/c1-21-6-5-7-22(18-21)24-10-13-36(32-24)26-20-28(34-14-16-39-17-15-34)37-27(31-26)19-25(33-37)29(38)35-11-8-23(9-12-35)30(2,3)4/h5-7,10,13,18-20,23H,8-9,11-12,14-17H2,1-4H3. The Morgan fingerprint density at radius 1 is 0.974 bits per heavy atom. The molecule has 9 nitrogen and oxygen atoms in total. The van der Waals surface area contributed by atoms with Gasteiger partial charge in [-0.25, -0.2) is 9.67 Å². The highest BCUT2D eigenvalue weighted by molar-refractivity contribution is 5.93. The lowest BCUT2D eigenvalue weighted by Gasteiger charge is -2.38. The molecule has 0 spiro atoms. The second kappa shape index (κ2) is 10.1. The number of piperidine rings is 1. The first kappa shape index (κ1) is 25.6. The van der Waals surface area contributed by atoms with Gasteiger partial charge in [-0.3, -0.25) is 4.79 Å². The number of amides is 1. The van der Waals surface area contributed by atoms with Gasteiger partial charge >= 0.3 is 0 Å². The first-order valence-electron chi connectivity index (χ1n) is 13.9. The molecule has 39 heavy (non-hydrogen) atoms. The third-order valence-electron chi connectivity index (χ3n) is 8.09. The minimum Gasteiger partial charge on any atom is -0.378 e. The molecule has 0 aliphatic carbocycles. The number of benzene rings is 1. The monoisotopic (exact) mass is 527 g/mol. The normalized spacial score (nSPS) is 17.2. The fourth-order valence-electron chi connectivity index (χ4n) is 5.71. The number of morpholine rings is 1. The number of carbonyl (C=O) groups excluding carboxylic acids is 1. The fraction of sp³-hybridized carbons (Fsp3) is 0.467. The highest BCUT2D eigenvalue weighted by Crippen LogP contribution is 2.34. The summed E-state index contributed by atoms with van der Waals surface area (Å²) in [6.07, 6.45) is 3.97. The van der Waals surface area contributed by atoms with Crippen LogP contribution >= 0.6 is 0 Å². The molecule has 0 N–H and O–H groups in total. The Hall–Kier alpha value is -3.72. The average Bonchev–Trinajstić information content (AvgIpc) is 3.60. The highest BCUT2D eigenvalue weighted by atomic mass is 16.5. The number of nitrogens with zero attached hydrogens (tertiary/aromatic N) is 7. The number of anilines is 1. The molecular weight excluding hydrogens is 490 g/mol. The van der Waals surface area contributed by atoms with Gasteiger partial charge in [0.25, 0.3) is 5.91 Å². The van der Waals surface area contributed by atoms with Gasteiger partial charge in [-0.1, -0.05) is 44.5 Å². The van der Waals surface area contributed by atoms with Crippen LogP contribution in [0, 0.1) is 18.3 Å². The Bertz CT molecular complexity index is 1480. The number of fused-ring (bicyclic) bond motifs is 1. The van der Waals surface area contributed by atoms with E-state index in [9.17, 15) is 4.79 Å². The van der Waals surface area contributed by atoms with Gasteiger partial charge in [0.15, 0.2) is 17.2 Å². The predicted molar refractivity (Wildman–Crippen MR) is 151 cm³/mol. The van der Waals surface area contributed by atoms with Crippen LogP contribution in [0.2, 0.25) is 0 Å². The van der Waals surface area contributed by atoms with Gasteiger partial charge in [0, 0.05) is 50.1 Å². The molecule has 5 heterocycles. The van der Waals surface area contributed by atoms with E-state index >= 15 is 0 Å². The van der Waals surface area contributed by atoms with Crippen molar-refractivity contribution < 1.29 is 9.53 Å². The van der Waals surface area contributed by atoms with Gasteiger partial charge in [0.2, 0.25) is 0 Å². The minimum atomic E-state index is -0.0249. The third kappa shape index (κ3) is 5.15. The summed E-state index contributed by atoms with van der Waals surface area (Å²) in [7, 11) is 0. The zero-order valence-electron chi connectivity index (χ0n) is 23.3. The number of aromatic nitrogens is 5. The average molecular weight is 528 g/mol. The maximum absolute atomic E-state index is 13.5. The van der Waals surface area contributed by atoms with Crippen LogP contribution in [0.3, 0.4) is 0 Å². The first-order chi connectivity index (χ1) is 18.8. The summed E-state index contributed by atoms with van der Waals surface area (Å²) in [6.45, 7) is 13.3. The van der Waals surface area contributed by atoms with E-state index in [1.165, 1.54) is 5.56 Å². The van der Waals surface area contributed by atoms with Crippen LogP contribution in [0.4, 0.5) is 5.82 Å². The van der Waals surface area contributed by atoms with Crippen molar-refractivity contribution in [3.8, 4) is 17.1 Å². The van der Waals surface area contributed by atoms with Gasteiger partial charge < -0.3 is 14.5 Å². The molecule has 2 fully saturated rings. The smallest absolute Gasteiger partial charge is 0.274 e. The predicted octanol–water partition coefficient (Wildman–Crippen LogP) is 4.63. The fourth-order valence-corrected chi connectivity index (χ4v) is 5.71. The van der Waals surface area contributed by atoms with Crippen LogP contribution < -0.4 is 4.90 Å². The summed E-state index contributed by atoms with van der Waals surface area (Å²) in [4.78, 5) is 22.6. The van der Waals surface area contributed by atoms with E-state index in [1.54, 1.807) is 9.20 Å². The SMILES string of the molecule is Cc1cccc(-c2ccn(-c3cc(N4CCOCC4)n4nc(C(=O)N5CCC(C(C)(C)C)CC5)cc4n3)n2)c1. The van der Waals surface area contributed by atoms with E-state index in [1.807, 2.05) is 35.4 Å². The molecule has 0 bridgehead atoms. The molecule has 1 amide bonds. The van der Waals surface area contributed by atoms with E-state index in [0.29, 0.717) is 36.3 Å². The topological polar surface area (TPSA) is 80.8 Å². The summed E-state index contributed by atoms with van der Waals surface area (Å²) in [5.41, 5.74) is 4.47. The van der Waals surface area contributed by atoms with Crippen molar-refractivity contribution in [2.24, 2.45) is 11.3 Å². The second-order valence-electron chi connectivity index (χ2n) is 11.8.